The first-order valence-corrected chi connectivity index (χ1v) is 8.08. The van der Waals surface area contributed by atoms with Gasteiger partial charge in [0.1, 0.15) is 16.2 Å². The van der Waals surface area contributed by atoms with Crippen LogP contribution in [0.1, 0.15) is 25.6 Å². The lowest BCUT2D eigenvalue weighted by Crippen LogP contribution is -2.22. The molecule has 5 nitrogen and oxygen atoms in total. The molecular weight excluding hydrogens is 318 g/mol. The standard InChI is InChI=1S/C11H14BrN3O2S/c1-7(2)11-14-9(12)5-10(15-11)13-8-3-4-18(16,17)6-8/h3-5,7-8H,6H2,1-2H3,(H,13,14,15). The van der Waals surface area contributed by atoms with Crippen LogP contribution in [0.5, 0.6) is 0 Å². The largest absolute Gasteiger partial charge is 0.363 e. The predicted octanol–water partition coefficient (Wildman–Crippen LogP) is 2.09. The third kappa shape index (κ3) is 3.29. The molecule has 0 aromatic carbocycles. The first kappa shape index (κ1) is 13.5. The summed E-state index contributed by atoms with van der Waals surface area (Å²) in [4.78, 5) is 8.63. The van der Waals surface area contributed by atoms with Gasteiger partial charge in [0.25, 0.3) is 0 Å². The van der Waals surface area contributed by atoms with Crippen molar-refractivity contribution < 1.29 is 8.42 Å². The second kappa shape index (κ2) is 4.97. The molecule has 1 aromatic rings. The molecule has 1 N–H and O–H groups in total. The summed E-state index contributed by atoms with van der Waals surface area (Å²) in [5, 5.41) is 4.33. The van der Waals surface area contributed by atoms with Crippen molar-refractivity contribution in [1.82, 2.24) is 9.97 Å². The normalized spacial score (nSPS) is 21.4. The highest BCUT2D eigenvalue weighted by molar-refractivity contribution is 9.10. The van der Waals surface area contributed by atoms with Gasteiger partial charge in [0.15, 0.2) is 9.84 Å². The Morgan fingerprint density at radius 3 is 2.72 bits per heavy atom. The van der Waals surface area contributed by atoms with Crippen molar-refractivity contribution in [2.24, 2.45) is 0 Å². The smallest absolute Gasteiger partial charge is 0.173 e. The van der Waals surface area contributed by atoms with Crippen LogP contribution in [0, 0.1) is 0 Å². The van der Waals surface area contributed by atoms with Gasteiger partial charge in [-0.3, -0.25) is 0 Å². The average Bonchev–Trinajstić information content (AvgIpc) is 2.57. The van der Waals surface area contributed by atoms with Crippen molar-refractivity contribution in [3.8, 4) is 0 Å². The summed E-state index contributed by atoms with van der Waals surface area (Å²) in [5.41, 5.74) is 0. The van der Waals surface area contributed by atoms with Crippen LogP contribution in [0.4, 0.5) is 5.82 Å². The lowest BCUT2D eigenvalue weighted by atomic mass is 10.2. The number of sulfone groups is 1. The summed E-state index contributed by atoms with van der Waals surface area (Å²) in [6.45, 7) is 4.01. The van der Waals surface area contributed by atoms with Crippen LogP contribution in [0.2, 0.25) is 0 Å². The Kier molecular flexibility index (Phi) is 3.72. The number of aromatic nitrogens is 2. The van der Waals surface area contributed by atoms with Crippen LogP contribution in [0.3, 0.4) is 0 Å². The molecule has 0 radical (unpaired) electrons. The molecule has 18 heavy (non-hydrogen) atoms. The molecule has 0 amide bonds. The first-order valence-electron chi connectivity index (χ1n) is 5.58. The van der Waals surface area contributed by atoms with Crippen LogP contribution < -0.4 is 5.32 Å². The molecular formula is C11H14BrN3O2S. The fraction of sp³-hybridized carbons (Fsp3) is 0.455. The molecule has 0 fully saturated rings. The highest BCUT2D eigenvalue weighted by Crippen LogP contribution is 2.19. The van der Waals surface area contributed by atoms with Gasteiger partial charge >= 0.3 is 0 Å². The summed E-state index contributed by atoms with van der Waals surface area (Å²) in [5.74, 6) is 1.64. The molecule has 2 rings (SSSR count). The van der Waals surface area contributed by atoms with Gasteiger partial charge in [-0.2, -0.15) is 0 Å². The van der Waals surface area contributed by atoms with E-state index in [0.29, 0.717) is 10.4 Å². The molecule has 1 aromatic heterocycles. The summed E-state index contributed by atoms with van der Waals surface area (Å²) in [7, 11) is -3.05. The number of nitrogens with zero attached hydrogens (tertiary/aromatic N) is 2. The summed E-state index contributed by atoms with van der Waals surface area (Å²) in [6, 6.07) is 1.52. The van der Waals surface area contributed by atoms with Gasteiger partial charge in [0.05, 0.1) is 11.8 Å². The Bertz CT molecular complexity index is 584. The maximum absolute atomic E-state index is 11.3. The molecule has 98 valence electrons. The maximum atomic E-state index is 11.3. The number of hydrogen-bond acceptors (Lipinski definition) is 5. The van der Waals surface area contributed by atoms with Gasteiger partial charge in [-0.1, -0.05) is 13.8 Å². The van der Waals surface area contributed by atoms with Crippen LogP contribution >= 0.6 is 15.9 Å². The Labute approximate surface area is 115 Å². The molecule has 1 unspecified atom stereocenters. The Morgan fingerprint density at radius 1 is 1.44 bits per heavy atom. The van der Waals surface area contributed by atoms with Crippen molar-refractivity contribution >= 4 is 31.6 Å². The highest BCUT2D eigenvalue weighted by Gasteiger charge is 2.22. The Balaban J connectivity index is 2.18. The minimum Gasteiger partial charge on any atom is -0.363 e. The molecule has 1 atom stereocenters. The molecule has 7 heteroatoms. The van der Waals surface area contributed by atoms with E-state index in [1.807, 2.05) is 13.8 Å². The highest BCUT2D eigenvalue weighted by atomic mass is 79.9. The number of hydrogen-bond donors (Lipinski definition) is 1. The van der Waals surface area contributed by atoms with E-state index in [-0.39, 0.29) is 17.7 Å². The van der Waals surface area contributed by atoms with E-state index in [2.05, 4.69) is 31.2 Å². The number of nitrogens with one attached hydrogen (secondary N) is 1. The summed E-state index contributed by atoms with van der Waals surface area (Å²) >= 11 is 3.33. The van der Waals surface area contributed by atoms with Gasteiger partial charge in [-0.15, -0.1) is 0 Å². The zero-order chi connectivity index (χ0) is 13.3. The molecule has 1 aliphatic rings. The van der Waals surface area contributed by atoms with Gasteiger partial charge in [-0.05, 0) is 22.0 Å². The van der Waals surface area contributed by atoms with Crippen molar-refractivity contribution in [3.05, 3.63) is 28.0 Å². The van der Waals surface area contributed by atoms with E-state index < -0.39 is 9.84 Å². The summed E-state index contributed by atoms with van der Waals surface area (Å²) < 4.78 is 23.3. The zero-order valence-corrected chi connectivity index (χ0v) is 12.5. The maximum Gasteiger partial charge on any atom is 0.173 e. The van der Waals surface area contributed by atoms with Crippen molar-refractivity contribution in [1.29, 1.82) is 0 Å². The number of rotatable bonds is 3. The molecule has 0 spiro atoms. The molecule has 0 bridgehead atoms. The molecule has 2 heterocycles. The SMILES string of the molecule is CC(C)c1nc(Br)cc(NC2C=CS(=O)(=O)C2)n1. The van der Waals surface area contributed by atoms with Gasteiger partial charge in [-0.25, -0.2) is 18.4 Å². The van der Waals surface area contributed by atoms with E-state index >= 15 is 0 Å². The lowest BCUT2D eigenvalue weighted by molar-refractivity contribution is 0.605. The molecule has 0 saturated carbocycles. The van der Waals surface area contributed by atoms with Crippen molar-refractivity contribution in [3.63, 3.8) is 0 Å². The van der Waals surface area contributed by atoms with Crippen LogP contribution in [0.25, 0.3) is 0 Å². The third-order valence-electron chi connectivity index (χ3n) is 2.49. The van der Waals surface area contributed by atoms with E-state index in [9.17, 15) is 8.42 Å². The van der Waals surface area contributed by atoms with Gasteiger partial charge in [0.2, 0.25) is 0 Å². The molecule has 1 aliphatic heterocycles. The quantitative estimate of drug-likeness (QED) is 0.858. The Morgan fingerprint density at radius 2 is 2.17 bits per heavy atom. The van der Waals surface area contributed by atoms with Crippen LogP contribution in [-0.2, 0) is 9.84 Å². The molecule has 0 saturated heterocycles. The molecule has 0 aliphatic carbocycles. The van der Waals surface area contributed by atoms with Crippen LogP contribution in [0.15, 0.2) is 22.2 Å². The van der Waals surface area contributed by atoms with E-state index in [4.69, 9.17) is 0 Å². The monoisotopic (exact) mass is 331 g/mol. The Hall–Kier alpha value is -0.950. The fourth-order valence-electron chi connectivity index (χ4n) is 1.62. The number of anilines is 1. The van der Waals surface area contributed by atoms with Crippen LogP contribution in [-0.4, -0.2) is 30.2 Å². The van der Waals surface area contributed by atoms with Crippen molar-refractivity contribution in [2.75, 3.05) is 11.1 Å². The minimum absolute atomic E-state index is 0.0750. The van der Waals surface area contributed by atoms with Gasteiger partial charge < -0.3 is 5.32 Å². The van der Waals surface area contributed by atoms with E-state index in [1.165, 1.54) is 5.41 Å². The topological polar surface area (TPSA) is 72.0 Å². The third-order valence-corrected chi connectivity index (χ3v) is 4.29. The number of halogens is 1. The van der Waals surface area contributed by atoms with E-state index in [1.54, 1.807) is 12.1 Å². The fourth-order valence-corrected chi connectivity index (χ4v) is 3.26. The average molecular weight is 332 g/mol. The predicted molar refractivity (Wildman–Crippen MR) is 74.2 cm³/mol. The zero-order valence-electron chi connectivity index (χ0n) is 10.1. The van der Waals surface area contributed by atoms with Gasteiger partial charge in [0, 0.05) is 17.4 Å². The second-order valence-electron chi connectivity index (χ2n) is 4.50. The van der Waals surface area contributed by atoms with E-state index in [0.717, 1.165) is 5.82 Å². The van der Waals surface area contributed by atoms with Crippen molar-refractivity contribution in [2.45, 2.75) is 25.8 Å². The first-order chi connectivity index (χ1) is 8.35. The summed E-state index contributed by atoms with van der Waals surface area (Å²) in [6.07, 6.45) is 1.64. The lowest BCUT2D eigenvalue weighted by Gasteiger charge is -2.13. The second-order valence-corrected chi connectivity index (χ2v) is 7.24. The minimum atomic E-state index is -3.05.